The third-order valence-electron chi connectivity index (χ3n) is 4.69. The summed E-state index contributed by atoms with van der Waals surface area (Å²) in [6.45, 7) is 0. The van der Waals surface area contributed by atoms with Gasteiger partial charge in [0.1, 0.15) is 0 Å². The first kappa shape index (κ1) is 20.5. The number of methoxy groups -OCH3 is 2. The summed E-state index contributed by atoms with van der Waals surface area (Å²) in [5.74, 6) is 1.89. The summed E-state index contributed by atoms with van der Waals surface area (Å²) in [5.41, 5.74) is 1.29. The molecule has 0 aliphatic carbocycles. The van der Waals surface area contributed by atoms with E-state index < -0.39 is 4.92 Å². The van der Waals surface area contributed by atoms with Crippen LogP contribution in [0, 0.1) is 10.1 Å². The Morgan fingerprint density at radius 3 is 2.65 bits per heavy atom. The van der Waals surface area contributed by atoms with Gasteiger partial charge in [-0.05, 0) is 35.8 Å². The van der Waals surface area contributed by atoms with E-state index in [-0.39, 0.29) is 11.2 Å². The SMILES string of the molecule is COc1ccc(CCc2nc3s/c(=C\c4cccc([N+](=O)[O-])c4)c(=O)n3n2)cc1OC. The molecule has 0 aliphatic heterocycles. The van der Waals surface area contributed by atoms with Crippen molar-refractivity contribution in [2.45, 2.75) is 12.8 Å². The van der Waals surface area contributed by atoms with E-state index in [1.54, 1.807) is 32.4 Å². The van der Waals surface area contributed by atoms with Crippen molar-refractivity contribution in [3.8, 4) is 11.5 Å². The monoisotopic (exact) mass is 438 g/mol. The summed E-state index contributed by atoms with van der Waals surface area (Å²) in [5, 5.41) is 15.3. The van der Waals surface area contributed by atoms with Gasteiger partial charge in [0.05, 0.1) is 23.7 Å². The number of non-ortho nitro benzene ring substituents is 1. The minimum atomic E-state index is -0.469. The average Bonchev–Trinajstić information content (AvgIpc) is 3.30. The van der Waals surface area contributed by atoms with Crippen LogP contribution in [0.25, 0.3) is 11.0 Å². The second-order valence-corrected chi connectivity index (χ2v) is 7.69. The molecule has 0 aliphatic rings. The first-order valence-corrected chi connectivity index (χ1v) is 10.2. The maximum Gasteiger partial charge on any atom is 0.291 e. The maximum absolute atomic E-state index is 12.7. The van der Waals surface area contributed by atoms with Crippen LogP contribution in [-0.4, -0.2) is 33.7 Å². The second kappa shape index (κ2) is 8.52. The Morgan fingerprint density at radius 1 is 1.13 bits per heavy atom. The molecule has 0 atom stereocenters. The molecule has 2 aromatic heterocycles. The molecule has 0 radical (unpaired) electrons. The fourth-order valence-electron chi connectivity index (χ4n) is 3.15. The number of fused-ring (bicyclic) bond motifs is 1. The van der Waals surface area contributed by atoms with Crippen molar-refractivity contribution in [1.82, 2.24) is 14.6 Å². The lowest BCUT2D eigenvalue weighted by molar-refractivity contribution is -0.384. The molecule has 158 valence electrons. The van der Waals surface area contributed by atoms with Crippen molar-refractivity contribution >= 4 is 28.1 Å². The average molecular weight is 438 g/mol. The summed E-state index contributed by atoms with van der Waals surface area (Å²) in [6.07, 6.45) is 2.85. The number of aryl methyl sites for hydroxylation is 2. The van der Waals surface area contributed by atoms with Gasteiger partial charge in [-0.2, -0.15) is 4.52 Å². The predicted octanol–water partition coefficient (Wildman–Crippen LogP) is 2.41. The first-order chi connectivity index (χ1) is 15.0. The molecule has 0 saturated carbocycles. The van der Waals surface area contributed by atoms with Crippen molar-refractivity contribution < 1.29 is 14.4 Å². The Kier molecular flexibility index (Phi) is 5.63. The number of thiazole rings is 1. The number of hydrogen-bond donors (Lipinski definition) is 0. The fourth-order valence-corrected chi connectivity index (χ4v) is 4.08. The zero-order chi connectivity index (χ0) is 22.0. The van der Waals surface area contributed by atoms with Gasteiger partial charge >= 0.3 is 0 Å². The topological polar surface area (TPSA) is 109 Å². The molecule has 0 fully saturated rings. The largest absolute Gasteiger partial charge is 0.493 e. The van der Waals surface area contributed by atoms with E-state index in [9.17, 15) is 14.9 Å². The molecule has 0 amide bonds. The van der Waals surface area contributed by atoms with Crippen molar-refractivity contribution in [2.75, 3.05) is 14.2 Å². The molecule has 0 bridgehead atoms. The number of aromatic nitrogens is 3. The number of nitro groups is 1. The van der Waals surface area contributed by atoms with Gasteiger partial charge in [0.15, 0.2) is 17.3 Å². The highest BCUT2D eigenvalue weighted by molar-refractivity contribution is 7.15. The molecule has 9 nitrogen and oxygen atoms in total. The van der Waals surface area contributed by atoms with Crippen molar-refractivity contribution in [3.05, 3.63) is 84.4 Å². The Labute approximate surface area is 180 Å². The predicted molar refractivity (Wildman–Crippen MR) is 116 cm³/mol. The van der Waals surface area contributed by atoms with Crippen LogP contribution in [0.15, 0.2) is 47.3 Å². The second-order valence-electron chi connectivity index (χ2n) is 6.68. The van der Waals surface area contributed by atoms with Gasteiger partial charge in [0.25, 0.3) is 11.2 Å². The highest BCUT2D eigenvalue weighted by Gasteiger charge is 2.12. The number of benzene rings is 2. The lowest BCUT2D eigenvalue weighted by Crippen LogP contribution is -2.23. The van der Waals surface area contributed by atoms with Crippen LogP contribution in [0.3, 0.4) is 0 Å². The molecule has 2 heterocycles. The van der Waals surface area contributed by atoms with Gasteiger partial charge in [0, 0.05) is 18.6 Å². The summed E-state index contributed by atoms with van der Waals surface area (Å²) < 4.78 is 12.3. The molecule has 10 heteroatoms. The summed E-state index contributed by atoms with van der Waals surface area (Å²) in [4.78, 5) is 28.1. The van der Waals surface area contributed by atoms with E-state index in [0.29, 0.717) is 45.2 Å². The van der Waals surface area contributed by atoms with Crippen LogP contribution in [-0.2, 0) is 12.8 Å². The number of ether oxygens (including phenoxy) is 2. The molecule has 31 heavy (non-hydrogen) atoms. The minimum Gasteiger partial charge on any atom is -0.493 e. The van der Waals surface area contributed by atoms with Crippen LogP contribution in [0.4, 0.5) is 5.69 Å². The summed E-state index contributed by atoms with van der Waals surface area (Å²) >= 11 is 1.20. The molecule has 0 unspecified atom stereocenters. The Balaban J connectivity index is 1.56. The molecule has 0 N–H and O–H groups in total. The van der Waals surface area contributed by atoms with E-state index in [0.717, 1.165) is 5.56 Å². The highest BCUT2D eigenvalue weighted by Crippen LogP contribution is 2.28. The lowest BCUT2D eigenvalue weighted by Gasteiger charge is -2.08. The molecule has 0 saturated heterocycles. The Morgan fingerprint density at radius 2 is 1.94 bits per heavy atom. The third-order valence-corrected chi connectivity index (χ3v) is 5.65. The van der Waals surface area contributed by atoms with Crippen LogP contribution in [0.5, 0.6) is 11.5 Å². The molecule has 4 aromatic rings. The summed E-state index contributed by atoms with van der Waals surface area (Å²) in [6, 6.07) is 11.8. The van der Waals surface area contributed by atoms with Gasteiger partial charge in [-0.3, -0.25) is 14.9 Å². The zero-order valence-corrected chi connectivity index (χ0v) is 17.6. The van der Waals surface area contributed by atoms with Gasteiger partial charge < -0.3 is 9.47 Å². The Hall–Kier alpha value is -3.79. The standard InChI is InChI=1S/C21H18N4O5S/c1-29-16-8-6-13(11-17(16)30-2)7-9-19-22-21-24(23-19)20(26)18(31-21)12-14-4-3-5-15(10-14)25(27)28/h3-6,8,10-12H,7,9H2,1-2H3/b18-12-. The van der Waals surface area contributed by atoms with Crippen LogP contribution in [0.1, 0.15) is 17.0 Å². The number of nitrogens with zero attached hydrogens (tertiary/aromatic N) is 4. The van der Waals surface area contributed by atoms with E-state index in [1.165, 1.54) is 28.0 Å². The van der Waals surface area contributed by atoms with Gasteiger partial charge in [0.2, 0.25) is 4.96 Å². The molecule has 2 aromatic carbocycles. The van der Waals surface area contributed by atoms with E-state index in [4.69, 9.17) is 9.47 Å². The van der Waals surface area contributed by atoms with E-state index in [2.05, 4.69) is 10.1 Å². The van der Waals surface area contributed by atoms with Crippen LogP contribution in [0.2, 0.25) is 0 Å². The number of hydrogen-bond acceptors (Lipinski definition) is 8. The van der Waals surface area contributed by atoms with Gasteiger partial charge in [-0.1, -0.05) is 29.5 Å². The molecular formula is C21H18N4O5S. The third kappa shape index (κ3) is 4.24. The summed E-state index contributed by atoms with van der Waals surface area (Å²) in [7, 11) is 3.18. The number of nitro benzene ring substituents is 1. The number of rotatable bonds is 7. The molecular weight excluding hydrogens is 420 g/mol. The quantitative estimate of drug-likeness (QED) is 0.322. The molecule has 0 spiro atoms. The van der Waals surface area contributed by atoms with E-state index >= 15 is 0 Å². The van der Waals surface area contributed by atoms with E-state index in [1.807, 2.05) is 18.2 Å². The van der Waals surface area contributed by atoms with Crippen molar-refractivity contribution in [3.63, 3.8) is 0 Å². The zero-order valence-electron chi connectivity index (χ0n) is 16.8. The lowest BCUT2D eigenvalue weighted by atomic mass is 10.1. The van der Waals surface area contributed by atoms with Gasteiger partial charge in [-0.15, -0.1) is 5.10 Å². The molecule has 4 rings (SSSR count). The normalized spacial score (nSPS) is 11.7. The van der Waals surface area contributed by atoms with Crippen molar-refractivity contribution in [1.29, 1.82) is 0 Å². The highest BCUT2D eigenvalue weighted by atomic mass is 32.1. The minimum absolute atomic E-state index is 0.0295. The Bertz CT molecular complexity index is 1380. The van der Waals surface area contributed by atoms with Gasteiger partial charge in [-0.25, -0.2) is 4.98 Å². The fraction of sp³-hybridized carbons (Fsp3) is 0.190. The smallest absolute Gasteiger partial charge is 0.291 e. The first-order valence-electron chi connectivity index (χ1n) is 9.34. The van der Waals surface area contributed by atoms with Crippen LogP contribution < -0.4 is 19.6 Å². The van der Waals surface area contributed by atoms with Crippen molar-refractivity contribution in [2.24, 2.45) is 0 Å². The van der Waals surface area contributed by atoms with Crippen LogP contribution >= 0.6 is 11.3 Å². The maximum atomic E-state index is 12.7.